The molecule has 5 heteroatoms. The molecule has 0 aliphatic rings. The molecular formula is C14H13BrN2O2. The van der Waals surface area contributed by atoms with Crippen LogP contribution < -0.4 is 9.64 Å². The van der Waals surface area contributed by atoms with Crippen molar-refractivity contribution in [3.63, 3.8) is 0 Å². The third-order valence-electron chi connectivity index (χ3n) is 2.53. The standard InChI is InChI=1S/C14H13BrN2O2/c1-17(13-9-11(15)7-8-16-13)14(18)10-19-12-5-3-2-4-6-12/h2-9H,10H2,1H3. The number of aromatic nitrogens is 1. The van der Waals surface area contributed by atoms with Crippen LogP contribution in [0.4, 0.5) is 5.82 Å². The maximum absolute atomic E-state index is 12.0. The Morgan fingerprint density at radius 1 is 1.32 bits per heavy atom. The minimum absolute atomic E-state index is 0.0191. The maximum Gasteiger partial charge on any atom is 0.265 e. The van der Waals surface area contributed by atoms with Crippen molar-refractivity contribution in [3.05, 3.63) is 53.1 Å². The van der Waals surface area contributed by atoms with Gasteiger partial charge in [0.2, 0.25) is 0 Å². The Balaban J connectivity index is 1.96. The van der Waals surface area contributed by atoms with E-state index >= 15 is 0 Å². The van der Waals surface area contributed by atoms with Gasteiger partial charge in [-0.25, -0.2) is 4.98 Å². The smallest absolute Gasteiger partial charge is 0.265 e. The van der Waals surface area contributed by atoms with Crippen LogP contribution in [0, 0.1) is 0 Å². The van der Waals surface area contributed by atoms with Crippen LogP contribution in [0.15, 0.2) is 53.1 Å². The van der Waals surface area contributed by atoms with Gasteiger partial charge in [0.15, 0.2) is 6.61 Å². The maximum atomic E-state index is 12.0. The molecule has 19 heavy (non-hydrogen) atoms. The quantitative estimate of drug-likeness (QED) is 0.870. The number of amides is 1. The van der Waals surface area contributed by atoms with Crippen LogP contribution in [0.2, 0.25) is 0 Å². The summed E-state index contributed by atoms with van der Waals surface area (Å²) in [4.78, 5) is 17.6. The number of ether oxygens (including phenoxy) is 1. The van der Waals surface area contributed by atoms with Gasteiger partial charge >= 0.3 is 0 Å². The number of anilines is 1. The van der Waals surface area contributed by atoms with E-state index in [2.05, 4.69) is 20.9 Å². The number of carbonyl (C=O) groups is 1. The van der Waals surface area contributed by atoms with Gasteiger partial charge in [0, 0.05) is 17.7 Å². The summed E-state index contributed by atoms with van der Waals surface area (Å²) in [6, 6.07) is 12.8. The number of likely N-dealkylation sites (N-methyl/N-ethyl adjacent to an activating group) is 1. The number of halogens is 1. The second kappa shape index (κ2) is 6.33. The van der Waals surface area contributed by atoms with Crippen molar-refractivity contribution >= 4 is 27.7 Å². The van der Waals surface area contributed by atoms with Crippen molar-refractivity contribution in [1.29, 1.82) is 0 Å². The van der Waals surface area contributed by atoms with Gasteiger partial charge in [-0.3, -0.25) is 9.69 Å². The largest absolute Gasteiger partial charge is 0.484 e. The lowest BCUT2D eigenvalue weighted by Crippen LogP contribution is -2.31. The predicted molar refractivity (Wildman–Crippen MR) is 77.3 cm³/mol. The number of hydrogen-bond donors (Lipinski definition) is 0. The number of benzene rings is 1. The van der Waals surface area contributed by atoms with Crippen LogP contribution in [0.3, 0.4) is 0 Å². The number of carbonyl (C=O) groups excluding carboxylic acids is 1. The van der Waals surface area contributed by atoms with Crippen LogP contribution in [-0.4, -0.2) is 24.5 Å². The molecule has 0 aliphatic carbocycles. The van der Waals surface area contributed by atoms with E-state index in [1.54, 1.807) is 19.3 Å². The molecule has 1 amide bonds. The first-order valence-corrected chi connectivity index (χ1v) is 6.52. The van der Waals surface area contributed by atoms with Crippen molar-refractivity contribution in [3.8, 4) is 5.75 Å². The fourth-order valence-electron chi connectivity index (χ4n) is 1.46. The number of rotatable bonds is 4. The molecule has 1 aromatic carbocycles. The van der Waals surface area contributed by atoms with E-state index in [1.807, 2.05) is 36.4 Å². The van der Waals surface area contributed by atoms with Gasteiger partial charge in [0.25, 0.3) is 5.91 Å². The molecule has 1 heterocycles. The first kappa shape index (κ1) is 13.5. The van der Waals surface area contributed by atoms with Crippen molar-refractivity contribution in [1.82, 2.24) is 4.98 Å². The molecule has 0 saturated carbocycles. The monoisotopic (exact) mass is 320 g/mol. The van der Waals surface area contributed by atoms with Gasteiger partial charge in [-0.05, 0) is 24.3 Å². The molecule has 0 N–H and O–H groups in total. The highest BCUT2D eigenvalue weighted by atomic mass is 79.9. The lowest BCUT2D eigenvalue weighted by atomic mass is 10.3. The molecule has 2 rings (SSSR count). The Bertz CT molecular complexity index is 560. The Morgan fingerprint density at radius 3 is 2.74 bits per heavy atom. The minimum Gasteiger partial charge on any atom is -0.484 e. The van der Waals surface area contributed by atoms with E-state index < -0.39 is 0 Å². The average Bonchev–Trinajstić information content (AvgIpc) is 2.45. The summed E-state index contributed by atoms with van der Waals surface area (Å²) < 4.78 is 6.29. The molecule has 0 spiro atoms. The fraction of sp³-hybridized carbons (Fsp3) is 0.143. The molecule has 0 aliphatic heterocycles. The minimum atomic E-state index is -0.158. The summed E-state index contributed by atoms with van der Waals surface area (Å²) in [5.74, 6) is 1.09. The van der Waals surface area contributed by atoms with E-state index in [4.69, 9.17) is 4.74 Å². The van der Waals surface area contributed by atoms with Crippen LogP contribution in [-0.2, 0) is 4.79 Å². The Hall–Kier alpha value is -1.88. The summed E-state index contributed by atoms with van der Waals surface area (Å²) in [7, 11) is 1.67. The van der Waals surface area contributed by atoms with Gasteiger partial charge in [-0.2, -0.15) is 0 Å². The zero-order valence-electron chi connectivity index (χ0n) is 10.4. The number of para-hydroxylation sites is 1. The lowest BCUT2D eigenvalue weighted by molar-refractivity contribution is -0.120. The molecule has 4 nitrogen and oxygen atoms in total. The molecule has 0 bridgehead atoms. The van der Waals surface area contributed by atoms with Gasteiger partial charge < -0.3 is 4.74 Å². The predicted octanol–water partition coefficient (Wildman–Crippen LogP) is 2.89. The molecule has 0 fully saturated rings. The van der Waals surface area contributed by atoms with Crippen molar-refractivity contribution in [2.45, 2.75) is 0 Å². The summed E-state index contributed by atoms with van der Waals surface area (Å²) in [6.07, 6.45) is 1.64. The second-order valence-electron chi connectivity index (χ2n) is 3.89. The van der Waals surface area contributed by atoms with Crippen molar-refractivity contribution in [2.75, 3.05) is 18.6 Å². The molecular weight excluding hydrogens is 308 g/mol. The van der Waals surface area contributed by atoms with Gasteiger partial charge in [-0.1, -0.05) is 34.1 Å². The number of nitrogens with zero attached hydrogens (tertiary/aromatic N) is 2. The third-order valence-corrected chi connectivity index (χ3v) is 3.02. The van der Waals surface area contributed by atoms with Crippen LogP contribution in [0.1, 0.15) is 0 Å². The van der Waals surface area contributed by atoms with Crippen molar-refractivity contribution < 1.29 is 9.53 Å². The molecule has 0 unspecified atom stereocenters. The van der Waals surface area contributed by atoms with Crippen molar-refractivity contribution in [2.24, 2.45) is 0 Å². The molecule has 98 valence electrons. The lowest BCUT2D eigenvalue weighted by Gasteiger charge is -2.16. The topological polar surface area (TPSA) is 42.4 Å². The third kappa shape index (κ3) is 3.79. The van der Waals surface area contributed by atoms with E-state index in [9.17, 15) is 4.79 Å². The highest BCUT2D eigenvalue weighted by Crippen LogP contribution is 2.16. The average molecular weight is 321 g/mol. The van der Waals surface area contributed by atoms with Crippen LogP contribution in [0.5, 0.6) is 5.75 Å². The summed E-state index contributed by atoms with van der Waals surface area (Å²) in [5, 5.41) is 0. The Morgan fingerprint density at radius 2 is 2.05 bits per heavy atom. The number of pyridine rings is 1. The Kier molecular flexibility index (Phi) is 4.52. The van der Waals surface area contributed by atoms with E-state index in [-0.39, 0.29) is 12.5 Å². The van der Waals surface area contributed by atoms with Gasteiger partial charge in [-0.15, -0.1) is 0 Å². The van der Waals surface area contributed by atoms with E-state index in [0.29, 0.717) is 11.6 Å². The highest BCUT2D eigenvalue weighted by molar-refractivity contribution is 9.10. The first-order valence-electron chi connectivity index (χ1n) is 5.73. The molecule has 2 aromatic rings. The first-order chi connectivity index (χ1) is 9.16. The van der Waals surface area contributed by atoms with Crippen LogP contribution >= 0.6 is 15.9 Å². The molecule has 0 saturated heterocycles. The van der Waals surface area contributed by atoms with Gasteiger partial charge in [0.05, 0.1) is 0 Å². The summed E-state index contributed by atoms with van der Waals surface area (Å²) in [6.45, 7) is -0.0191. The second-order valence-corrected chi connectivity index (χ2v) is 4.80. The normalized spacial score (nSPS) is 10.0. The van der Waals surface area contributed by atoms with E-state index in [1.165, 1.54) is 4.90 Å². The molecule has 0 radical (unpaired) electrons. The Labute approximate surface area is 120 Å². The van der Waals surface area contributed by atoms with E-state index in [0.717, 1.165) is 4.47 Å². The van der Waals surface area contributed by atoms with Crippen LogP contribution in [0.25, 0.3) is 0 Å². The SMILES string of the molecule is CN(C(=O)COc1ccccc1)c1cc(Br)ccn1. The zero-order chi connectivity index (χ0) is 13.7. The zero-order valence-corrected chi connectivity index (χ0v) is 12.0. The highest BCUT2D eigenvalue weighted by Gasteiger charge is 2.12. The molecule has 0 atom stereocenters. The molecule has 1 aromatic heterocycles. The summed E-state index contributed by atoms with van der Waals surface area (Å²) >= 11 is 3.35. The van der Waals surface area contributed by atoms with Gasteiger partial charge in [0.1, 0.15) is 11.6 Å². The summed E-state index contributed by atoms with van der Waals surface area (Å²) in [5.41, 5.74) is 0. The number of hydrogen-bond acceptors (Lipinski definition) is 3. The fourth-order valence-corrected chi connectivity index (χ4v) is 1.79.